The lowest BCUT2D eigenvalue weighted by atomic mass is 10.1. The van der Waals surface area contributed by atoms with Crippen LogP contribution in [0.25, 0.3) is 0 Å². The Balaban J connectivity index is 1.59. The van der Waals surface area contributed by atoms with Crippen LogP contribution in [0.15, 0.2) is 18.2 Å². The van der Waals surface area contributed by atoms with E-state index in [1.54, 1.807) is 0 Å². The van der Waals surface area contributed by atoms with E-state index in [4.69, 9.17) is 9.47 Å². The standard InChI is InChI=1S/C14H19NO2S/c1-10-12(3-2-6-18-10)15-8-11-4-5-13-14(7-11)17-9-16-13/h4-5,7,10,12,15H,2-3,6,8-9H2,1H3. The summed E-state index contributed by atoms with van der Waals surface area (Å²) in [6, 6.07) is 6.82. The van der Waals surface area contributed by atoms with E-state index in [0.29, 0.717) is 18.1 Å². The summed E-state index contributed by atoms with van der Waals surface area (Å²) in [7, 11) is 0. The maximum atomic E-state index is 5.40. The number of ether oxygens (including phenoxy) is 2. The fraction of sp³-hybridized carbons (Fsp3) is 0.571. The number of hydrogen-bond acceptors (Lipinski definition) is 4. The van der Waals surface area contributed by atoms with Crippen LogP contribution in [0.5, 0.6) is 11.5 Å². The van der Waals surface area contributed by atoms with Crippen molar-refractivity contribution in [1.29, 1.82) is 0 Å². The zero-order chi connectivity index (χ0) is 12.4. The predicted octanol–water partition coefficient (Wildman–Crippen LogP) is 2.79. The van der Waals surface area contributed by atoms with Crippen molar-refractivity contribution in [2.24, 2.45) is 0 Å². The van der Waals surface area contributed by atoms with E-state index in [-0.39, 0.29) is 0 Å². The molecule has 2 aliphatic rings. The van der Waals surface area contributed by atoms with Crippen LogP contribution < -0.4 is 14.8 Å². The number of thioether (sulfide) groups is 1. The Morgan fingerprint density at radius 1 is 1.33 bits per heavy atom. The highest BCUT2D eigenvalue weighted by Gasteiger charge is 2.21. The molecule has 2 aliphatic heterocycles. The Morgan fingerprint density at radius 2 is 2.22 bits per heavy atom. The van der Waals surface area contributed by atoms with Crippen LogP contribution in [0.4, 0.5) is 0 Å². The summed E-state index contributed by atoms with van der Waals surface area (Å²) in [5.74, 6) is 3.05. The van der Waals surface area contributed by atoms with Crippen molar-refractivity contribution in [3.8, 4) is 11.5 Å². The molecule has 0 aromatic heterocycles. The van der Waals surface area contributed by atoms with Gasteiger partial charge in [0.2, 0.25) is 6.79 Å². The van der Waals surface area contributed by atoms with Crippen molar-refractivity contribution in [3.63, 3.8) is 0 Å². The molecular formula is C14H19NO2S. The lowest BCUT2D eigenvalue weighted by molar-refractivity contribution is 0.174. The second-order valence-electron chi connectivity index (χ2n) is 4.89. The van der Waals surface area contributed by atoms with Crippen LogP contribution in [-0.2, 0) is 6.54 Å². The molecule has 3 rings (SSSR count). The summed E-state index contributed by atoms with van der Waals surface area (Å²) in [6.45, 7) is 3.58. The van der Waals surface area contributed by atoms with E-state index in [9.17, 15) is 0 Å². The van der Waals surface area contributed by atoms with E-state index >= 15 is 0 Å². The molecule has 98 valence electrons. The van der Waals surface area contributed by atoms with Gasteiger partial charge < -0.3 is 14.8 Å². The summed E-state index contributed by atoms with van der Waals surface area (Å²) >= 11 is 2.07. The molecule has 0 spiro atoms. The third-order valence-corrected chi connectivity index (χ3v) is 4.99. The van der Waals surface area contributed by atoms with Crippen molar-refractivity contribution >= 4 is 11.8 Å². The van der Waals surface area contributed by atoms with Crippen molar-refractivity contribution in [2.75, 3.05) is 12.5 Å². The molecule has 1 aromatic carbocycles. The Morgan fingerprint density at radius 3 is 3.11 bits per heavy atom. The molecule has 0 amide bonds. The van der Waals surface area contributed by atoms with Crippen molar-refractivity contribution < 1.29 is 9.47 Å². The van der Waals surface area contributed by atoms with Crippen LogP contribution in [-0.4, -0.2) is 23.8 Å². The van der Waals surface area contributed by atoms with Gasteiger partial charge in [-0.1, -0.05) is 13.0 Å². The molecule has 3 nitrogen and oxygen atoms in total. The Kier molecular flexibility index (Phi) is 3.66. The number of rotatable bonds is 3. The van der Waals surface area contributed by atoms with Crippen LogP contribution in [0.2, 0.25) is 0 Å². The molecule has 1 saturated heterocycles. The first-order valence-electron chi connectivity index (χ1n) is 6.56. The number of nitrogens with one attached hydrogen (secondary N) is 1. The maximum Gasteiger partial charge on any atom is 0.231 e. The van der Waals surface area contributed by atoms with Gasteiger partial charge in [-0.05, 0) is 36.3 Å². The molecule has 0 radical (unpaired) electrons. The minimum Gasteiger partial charge on any atom is -0.454 e. The average molecular weight is 265 g/mol. The topological polar surface area (TPSA) is 30.5 Å². The van der Waals surface area contributed by atoms with Gasteiger partial charge in [-0.2, -0.15) is 11.8 Å². The first-order valence-corrected chi connectivity index (χ1v) is 7.61. The number of fused-ring (bicyclic) bond motifs is 1. The minimum atomic E-state index is 0.350. The number of benzene rings is 1. The normalized spacial score (nSPS) is 26.3. The van der Waals surface area contributed by atoms with Gasteiger partial charge >= 0.3 is 0 Å². The molecule has 1 fully saturated rings. The maximum absolute atomic E-state index is 5.40. The van der Waals surface area contributed by atoms with Gasteiger partial charge in [0.05, 0.1) is 0 Å². The second-order valence-corrected chi connectivity index (χ2v) is 6.38. The lowest BCUT2D eigenvalue weighted by Crippen LogP contribution is -2.38. The van der Waals surface area contributed by atoms with E-state index in [1.807, 2.05) is 6.07 Å². The fourth-order valence-electron chi connectivity index (χ4n) is 2.49. The second kappa shape index (κ2) is 5.41. The van der Waals surface area contributed by atoms with Crippen LogP contribution >= 0.6 is 11.8 Å². The molecule has 18 heavy (non-hydrogen) atoms. The molecule has 1 N–H and O–H groups in total. The van der Waals surface area contributed by atoms with Crippen LogP contribution in [0.3, 0.4) is 0 Å². The quantitative estimate of drug-likeness (QED) is 0.910. The molecule has 2 atom stereocenters. The lowest BCUT2D eigenvalue weighted by Gasteiger charge is -2.29. The summed E-state index contributed by atoms with van der Waals surface area (Å²) in [4.78, 5) is 0. The Bertz CT molecular complexity index is 424. The average Bonchev–Trinajstić information content (AvgIpc) is 2.85. The Labute approximate surface area is 112 Å². The molecule has 1 aromatic rings. The highest BCUT2D eigenvalue weighted by Crippen LogP contribution is 2.32. The molecular weight excluding hydrogens is 246 g/mol. The van der Waals surface area contributed by atoms with Gasteiger partial charge in [0.1, 0.15) is 0 Å². The third kappa shape index (κ3) is 2.59. The largest absolute Gasteiger partial charge is 0.454 e. The third-order valence-electron chi connectivity index (χ3n) is 3.61. The summed E-state index contributed by atoms with van der Waals surface area (Å²) in [6.07, 6.45) is 2.62. The van der Waals surface area contributed by atoms with Gasteiger partial charge in [0, 0.05) is 17.8 Å². The molecule has 2 unspecified atom stereocenters. The highest BCUT2D eigenvalue weighted by atomic mass is 32.2. The summed E-state index contributed by atoms with van der Waals surface area (Å²) < 4.78 is 10.7. The molecule has 2 heterocycles. The zero-order valence-corrected chi connectivity index (χ0v) is 11.5. The van der Waals surface area contributed by atoms with E-state index in [2.05, 4.69) is 36.1 Å². The first-order chi connectivity index (χ1) is 8.83. The summed E-state index contributed by atoms with van der Waals surface area (Å²) in [5.41, 5.74) is 1.27. The zero-order valence-electron chi connectivity index (χ0n) is 10.6. The fourth-order valence-corrected chi connectivity index (χ4v) is 3.66. The van der Waals surface area contributed by atoms with Crippen molar-refractivity contribution in [2.45, 2.75) is 37.6 Å². The van der Waals surface area contributed by atoms with Gasteiger partial charge in [-0.3, -0.25) is 0 Å². The minimum absolute atomic E-state index is 0.350. The monoisotopic (exact) mass is 265 g/mol. The molecule has 0 saturated carbocycles. The van der Waals surface area contributed by atoms with Gasteiger partial charge in [-0.15, -0.1) is 0 Å². The highest BCUT2D eigenvalue weighted by molar-refractivity contribution is 7.99. The van der Waals surface area contributed by atoms with E-state index in [1.165, 1.54) is 24.2 Å². The Hall–Kier alpha value is -0.870. The predicted molar refractivity (Wildman–Crippen MR) is 74.3 cm³/mol. The molecule has 4 heteroatoms. The molecule has 0 aliphatic carbocycles. The van der Waals surface area contributed by atoms with E-state index in [0.717, 1.165) is 18.0 Å². The van der Waals surface area contributed by atoms with Gasteiger partial charge in [0.25, 0.3) is 0 Å². The van der Waals surface area contributed by atoms with E-state index < -0.39 is 0 Å². The van der Waals surface area contributed by atoms with Gasteiger partial charge in [0.15, 0.2) is 11.5 Å². The number of hydrogen-bond donors (Lipinski definition) is 1. The van der Waals surface area contributed by atoms with Crippen molar-refractivity contribution in [1.82, 2.24) is 5.32 Å². The van der Waals surface area contributed by atoms with Gasteiger partial charge in [-0.25, -0.2) is 0 Å². The van der Waals surface area contributed by atoms with Crippen LogP contribution in [0.1, 0.15) is 25.3 Å². The summed E-state index contributed by atoms with van der Waals surface area (Å²) in [5, 5.41) is 4.38. The SMILES string of the molecule is CC1SCCCC1NCc1ccc2c(c1)OCO2. The first kappa shape index (κ1) is 12.2. The smallest absolute Gasteiger partial charge is 0.231 e. The van der Waals surface area contributed by atoms with Crippen molar-refractivity contribution in [3.05, 3.63) is 23.8 Å². The van der Waals surface area contributed by atoms with Crippen LogP contribution in [0, 0.1) is 0 Å². The molecule has 0 bridgehead atoms.